The molecule has 1 aliphatic rings. The predicted octanol–water partition coefficient (Wildman–Crippen LogP) is 4.52. The van der Waals surface area contributed by atoms with Crippen LogP contribution in [0.5, 0.6) is 0 Å². The Kier molecular flexibility index (Phi) is 5.75. The van der Waals surface area contributed by atoms with Gasteiger partial charge in [0.25, 0.3) is 0 Å². The van der Waals surface area contributed by atoms with E-state index in [2.05, 4.69) is 66.1 Å². The van der Waals surface area contributed by atoms with E-state index in [1.165, 1.54) is 27.9 Å². The Bertz CT molecular complexity index is 1000. The maximum Gasteiger partial charge on any atom is 0.232 e. The SMILES string of the molecule is CCN(c1nc(C)c2c(n1)N(CCCn1ccnc1)CC2)c1c(C)cc(C)cc1C. The van der Waals surface area contributed by atoms with E-state index in [1.54, 1.807) is 0 Å². The van der Waals surface area contributed by atoms with Crippen molar-refractivity contribution in [3.8, 4) is 0 Å². The molecular weight excluding hydrogens is 372 g/mol. The summed E-state index contributed by atoms with van der Waals surface area (Å²) in [5, 5.41) is 0. The van der Waals surface area contributed by atoms with Gasteiger partial charge in [0, 0.05) is 55.5 Å². The van der Waals surface area contributed by atoms with Gasteiger partial charge < -0.3 is 14.4 Å². The van der Waals surface area contributed by atoms with Crippen molar-refractivity contribution in [1.82, 2.24) is 19.5 Å². The number of hydrogen-bond acceptors (Lipinski definition) is 5. The fourth-order valence-corrected chi connectivity index (χ4v) is 4.67. The molecule has 0 aliphatic carbocycles. The number of anilines is 3. The van der Waals surface area contributed by atoms with Crippen LogP contribution in [0.3, 0.4) is 0 Å². The second-order valence-electron chi connectivity index (χ2n) is 8.29. The molecule has 0 saturated heterocycles. The van der Waals surface area contributed by atoms with Gasteiger partial charge in [-0.05, 0) is 58.6 Å². The molecule has 0 N–H and O–H groups in total. The Hall–Kier alpha value is -2.89. The van der Waals surface area contributed by atoms with E-state index < -0.39 is 0 Å². The Morgan fingerprint density at radius 1 is 1.03 bits per heavy atom. The van der Waals surface area contributed by atoms with Crippen LogP contribution in [0, 0.1) is 27.7 Å². The van der Waals surface area contributed by atoms with Gasteiger partial charge in [-0.15, -0.1) is 0 Å². The first kappa shape index (κ1) is 20.4. The van der Waals surface area contributed by atoms with Crippen molar-refractivity contribution < 1.29 is 0 Å². The van der Waals surface area contributed by atoms with E-state index >= 15 is 0 Å². The van der Waals surface area contributed by atoms with Gasteiger partial charge in [0.2, 0.25) is 5.95 Å². The van der Waals surface area contributed by atoms with Gasteiger partial charge in [-0.1, -0.05) is 17.7 Å². The van der Waals surface area contributed by atoms with Crippen LogP contribution in [0.1, 0.15) is 41.3 Å². The summed E-state index contributed by atoms with van der Waals surface area (Å²) in [7, 11) is 0. The molecule has 158 valence electrons. The lowest BCUT2D eigenvalue weighted by atomic mass is 10.0. The number of benzene rings is 1. The van der Waals surface area contributed by atoms with E-state index in [-0.39, 0.29) is 0 Å². The van der Waals surface area contributed by atoms with Crippen molar-refractivity contribution >= 4 is 17.5 Å². The standard InChI is InChI=1S/C24H32N6/c1-6-30(22-18(3)14-17(2)15-19(22)4)24-26-20(5)21-8-12-29(23(21)27-24)11-7-10-28-13-9-25-16-28/h9,13-16H,6-8,10-12H2,1-5H3. The third kappa shape index (κ3) is 3.91. The average molecular weight is 405 g/mol. The van der Waals surface area contributed by atoms with E-state index in [0.29, 0.717) is 0 Å². The fraction of sp³-hybridized carbons (Fsp3) is 0.458. The Morgan fingerprint density at radius 3 is 2.47 bits per heavy atom. The molecule has 30 heavy (non-hydrogen) atoms. The largest absolute Gasteiger partial charge is 0.356 e. The van der Waals surface area contributed by atoms with Gasteiger partial charge in [-0.25, -0.2) is 9.97 Å². The lowest BCUT2D eigenvalue weighted by Gasteiger charge is -2.27. The molecule has 0 spiro atoms. The third-order valence-electron chi connectivity index (χ3n) is 5.98. The van der Waals surface area contributed by atoms with Crippen molar-refractivity contribution in [3.63, 3.8) is 0 Å². The first-order chi connectivity index (χ1) is 14.5. The van der Waals surface area contributed by atoms with Gasteiger partial charge in [-0.3, -0.25) is 0 Å². The Labute approximate surface area is 179 Å². The highest BCUT2D eigenvalue weighted by atomic mass is 15.3. The molecule has 1 aromatic carbocycles. The number of hydrogen-bond donors (Lipinski definition) is 0. The zero-order chi connectivity index (χ0) is 21.3. The fourth-order valence-electron chi connectivity index (χ4n) is 4.67. The second kappa shape index (κ2) is 8.46. The van der Waals surface area contributed by atoms with Crippen molar-refractivity contribution in [2.75, 3.05) is 29.4 Å². The average Bonchev–Trinajstić information content (AvgIpc) is 3.35. The summed E-state index contributed by atoms with van der Waals surface area (Å²) in [5.74, 6) is 1.93. The summed E-state index contributed by atoms with van der Waals surface area (Å²) in [6.07, 6.45) is 7.84. The molecule has 0 atom stereocenters. The molecule has 6 nitrogen and oxygen atoms in total. The summed E-state index contributed by atoms with van der Waals surface area (Å²) in [6, 6.07) is 4.49. The number of nitrogens with zero attached hydrogens (tertiary/aromatic N) is 6. The summed E-state index contributed by atoms with van der Waals surface area (Å²) in [5.41, 5.74) is 7.47. The van der Waals surface area contributed by atoms with Crippen molar-refractivity contribution in [2.45, 2.75) is 54.0 Å². The molecule has 3 heterocycles. The molecule has 0 unspecified atom stereocenters. The van der Waals surface area contributed by atoms with Crippen molar-refractivity contribution in [1.29, 1.82) is 0 Å². The van der Waals surface area contributed by atoms with Gasteiger partial charge in [-0.2, -0.15) is 4.98 Å². The number of aryl methyl sites for hydroxylation is 5. The molecule has 0 radical (unpaired) electrons. The lowest BCUT2D eigenvalue weighted by molar-refractivity contribution is 0.627. The monoisotopic (exact) mass is 404 g/mol. The Balaban J connectivity index is 1.62. The zero-order valence-electron chi connectivity index (χ0n) is 18.8. The van der Waals surface area contributed by atoms with Crippen LogP contribution < -0.4 is 9.80 Å². The number of rotatable bonds is 7. The quantitative estimate of drug-likeness (QED) is 0.580. The van der Waals surface area contributed by atoms with Gasteiger partial charge in [0.1, 0.15) is 5.82 Å². The number of aromatic nitrogens is 4. The number of fused-ring (bicyclic) bond motifs is 1. The normalized spacial score (nSPS) is 13.0. The second-order valence-corrected chi connectivity index (χ2v) is 8.29. The minimum absolute atomic E-state index is 0.810. The minimum Gasteiger partial charge on any atom is -0.356 e. The molecular formula is C24H32N6. The highest BCUT2D eigenvalue weighted by molar-refractivity contribution is 5.68. The topological polar surface area (TPSA) is 50.1 Å². The van der Waals surface area contributed by atoms with Gasteiger partial charge >= 0.3 is 0 Å². The van der Waals surface area contributed by atoms with Crippen LogP contribution in [0.15, 0.2) is 30.9 Å². The first-order valence-electron chi connectivity index (χ1n) is 10.9. The van der Waals surface area contributed by atoms with Gasteiger partial charge in [0.05, 0.1) is 6.33 Å². The zero-order valence-corrected chi connectivity index (χ0v) is 18.8. The summed E-state index contributed by atoms with van der Waals surface area (Å²) in [4.78, 5) is 18.8. The molecule has 3 aromatic rings. The van der Waals surface area contributed by atoms with Crippen LogP contribution in [-0.2, 0) is 13.0 Å². The van der Waals surface area contributed by atoms with E-state index in [0.717, 1.165) is 56.5 Å². The predicted molar refractivity (Wildman–Crippen MR) is 123 cm³/mol. The molecule has 0 fully saturated rings. The van der Waals surface area contributed by atoms with Crippen LogP contribution in [-0.4, -0.2) is 39.2 Å². The molecule has 0 amide bonds. The highest BCUT2D eigenvalue weighted by Crippen LogP contribution is 2.34. The summed E-state index contributed by atoms with van der Waals surface area (Å²) in [6.45, 7) is 14.6. The summed E-state index contributed by atoms with van der Waals surface area (Å²) < 4.78 is 2.13. The molecule has 1 aliphatic heterocycles. The molecule has 0 saturated carbocycles. The highest BCUT2D eigenvalue weighted by Gasteiger charge is 2.26. The van der Waals surface area contributed by atoms with E-state index in [9.17, 15) is 0 Å². The molecule has 6 heteroatoms. The Morgan fingerprint density at radius 2 is 1.80 bits per heavy atom. The molecule has 0 bridgehead atoms. The maximum atomic E-state index is 5.08. The number of imidazole rings is 1. The molecule has 2 aromatic heterocycles. The maximum absolute atomic E-state index is 5.08. The first-order valence-corrected chi connectivity index (χ1v) is 10.9. The summed E-state index contributed by atoms with van der Waals surface area (Å²) >= 11 is 0. The van der Waals surface area contributed by atoms with Crippen LogP contribution in [0.25, 0.3) is 0 Å². The van der Waals surface area contributed by atoms with Crippen molar-refractivity contribution in [2.24, 2.45) is 0 Å². The molecule has 4 rings (SSSR count). The van der Waals surface area contributed by atoms with Gasteiger partial charge in [0.15, 0.2) is 0 Å². The van der Waals surface area contributed by atoms with Crippen LogP contribution in [0.4, 0.5) is 17.5 Å². The van der Waals surface area contributed by atoms with Crippen LogP contribution >= 0.6 is 0 Å². The minimum atomic E-state index is 0.810. The lowest BCUT2D eigenvalue weighted by Crippen LogP contribution is -2.26. The van der Waals surface area contributed by atoms with Crippen LogP contribution in [0.2, 0.25) is 0 Å². The third-order valence-corrected chi connectivity index (χ3v) is 5.98. The van der Waals surface area contributed by atoms with Crippen molar-refractivity contribution in [3.05, 3.63) is 58.8 Å². The van der Waals surface area contributed by atoms with E-state index in [4.69, 9.17) is 9.97 Å². The van der Waals surface area contributed by atoms with E-state index in [1.807, 2.05) is 18.7 Å². The smallest absolute Gasteiger partial charge is 0.232 e.